The molecule has 0 N–H and O–H groups in total. The van der Waals surface area contributed by atoms with Gasteiger partial charge < -0.3 is 0 Å². The van der Waals surface area contributed by atoms with Crippen LogP contribution in [0.15, 0.2) is 118 Å². The molecule has 262 valence electrons. The Labute approximate surface area is 351 Å². The molecule has 0 saturated heterocycles. The lowest BCUT2D eigenvalue weighted by Crippen LogP contribution is -1.75. The maximum absolute atomic E-state index is 11.5. The average molecular weight is 889 g/mol. The van der Waals surface area contributed by atoms with Gasteiger partial charge in [-0.3, -0.25) is 9.59 Å². The molecule has 0 spiro atoms. The van der Waals surface area contributed by atoms with E-state index >= 15 is 0 Å². The lowest BCUT2D eigenvalue weighted by Gasteiger charge is -1.93. The van der Waals surface area contributed by atoms with E-state index in [1.165, 1.54) is 102 Å². The molecule has 0 radical (unpaired) electrons. The largest absolute Gasteiger partial charge is 0.287 e. The predicted octanol–water partition coefficient (Wildman–Crippen LogP) is 16.9. The number of thiophene rings is 9. The molecule has 0 aliphatic rings. The molecule has 53 heavy (non-hydrogen) atoms. The van der Waals surface area contributed by atoms with E-state index in [0.717, 1.165) is 8.42 Å². The van der Waals surface area contributed by atoms with E-state index in [1.807, 2.05) is 91.5 Å². The van der Waals surface area contributed by atoms with Gasteiger partial charge in [-0.1, -0.05) is 0 Å². The molecule has 0 aliphatic heterocycles. The lowest BCUT2D eigenvalue weighted by atomic mass is 10.3. The van der Waals surface area contributed by atoms with Crippen LogP contribution in [0, 0.1) is 0 Å². The van der Waals surface area contributed by atoms with Crippen LogP contribution in [0.25, 0.3) is 78.0 Å². The van der Waals surface area contributed by atoms with Gasteiger partial charge in [0.25, 0.3) is 0 Å². The molecule has 9 rings (SSSR count). The number of carbonyl (C=O) groups is 2. The molecule has 0 fully saturated rings. The fraction of sp³-hybridized carbons (Fsp3) is 0.0500. The van der Waals surface area contributed by atoms with Gasteiger partial charge in [-0.05, 0) is 133 Å². The molecule has 0 saturated carbocycles. The zero-order valence-electron chi connectivity index (χ0n) is 27.7. The molecular formula is C40H24O2S11. The van der Waals surface area contributed by atoms with Gasteiger partial charge >= 0.3 is 0 Å². The summed E-state index contributed by atoms with van der Waals surface area (Å²) in [5.41, 5.74) is 0. The molecule has 13 heteroatoms. The SMILES string of the molecule is CC(=O)Sc1ccc(-c2ccc(-c3ccc(-c4ccc(-c5ccc(-c6ccc(-c7ccc(-c8ccc(-c9ccc(SC(C)=O)s9)s8)s7)s6)s5)s4)s3)s2)s1. The molecule has 0 amide bonds. The van der Waals surface area contributed by atoms with Crippen molar-refractivity contribution < 1.29 is 9.59 Å². The van der Waals surface area contributed by atoms with Crippen LogP contribution in [0.3, 0.4) is 0 Å². The molecule has 2 nitrogen and oxygen atoms in total. The second-order valence-electron chi connectivity index (χ2n) is 11.6. The molecule has 9 aromatic rings. The Bertz CT molecular complexity index is 2540. The standard InChI is InChI=1S/C40H24O2S11/c1-21(41)43-39-19-17-37(52-39)35-15-13-33(50-35)31-11-9-29(48-31)27-7-5-25(46-27)23-3-4-24(45-23)26-6-8-28(47-26)30-10-12-32(49-30)34-14-16-36(51-34)38-18-20-40(53-38)44-22(2)42/h3-20H,1-2H3. The summed E-state index contributed by atoms with van der Waals surface area (Å²) in [5.74, 6) is 0. The van der Waals surface area contributed by atoms with Crippen LogP contribution in [0.2, 0.25) is 0 Å². The van der Waals surface area contributed by atoms with Crippen LogP contribution >= 0.6 is 126 Å². The van der Waals surface area contributed by atoms with Crippen molar-refractivity contribution in [2.24, 2.45) is 0 Å². The van der Waals surface area contributed by atoms with E-state index in [0.29, 0.717) is 0 Å². The molecule has 0 unspecified atom stereocenters. The monoisotopic (exact) mass is 888 g/mol. The first-order chi connectivity index (χ1) is 25.8. The number of hydrogen-bond donors (Lipinski definition) is 0. The van der Waals surface area contributed by atoms with Gasteiger partial charge in [0.05, 0.1) is 8.42 Å². The van der Waals surface area contributed by atoms with Crippen LogP contribution < -0.4 is 0 Å². The summed E-state index contributed by atoms with van der Waals surface area (Å²) in [6, 6.07) is 39.7. The molecule has 9 heterocycles. The summed E-state index contributed by atoms with van der Waals surface area (Å²) in [5, 5.41) is 0.242. The van der Waals surface area contributed by atoms with E-state index in [1.54, 1.807) is 36.5 Å². The van der Waals surface area contributed by atoms with Crippen LogP contribution in [0.1, 0.15) is 13.8 Å². The van der Waals surface area contributed by atoms with Crippen LogP contribution in [0.4, 0.5) is 0 Å². The van der Waals surface area contributed by atoms with Gasteiger partial charge in [-0.25, -0.2) is 0 Å². The number of thioether (sulfide) groups is 2. The maximum atomic E-state index is 11.5. The molecule has 0 aromatic carbocycles. The second-order valence-corrected chi connectivity index (χ2v) is 24.3. The van der Waals surface area contributed by atoms with Crippen molar-refractivity contribution in [3.63, 3.8) is 0 Å². The first kappa shape index (κ1) is 36.0. The van der Waals surface area contributed by atoms with Crippen molar-refractivity contribution in [2.75, 3.05) is 0 Å². The van der Waals surface area contributed by atoms with Gasteiger partial charge in [0.1, 0.15) is 0 Å². The van der Waals surface area contributed by atoms with E-state index in [4.69, 9.17) is 0 Å². The lowest BCUT2D eigenvalue weighted by molar-refractivity contribution is -0.109. The van der Waals surface area contributed by atoms with Crippen LogP contribution in [-0.2, 0) is 9.59 Å². The van der Waals surface area contributed by atoms with Gasteiger partial charge in [0.15, 0.2) is 10.2 Å². The fourth-order valence-electron chi connectivity index (χ4n) is 5.52. The highest BCUT2D eigenvalue weighted by Gasteiger charge is 2.16. The van der Waals surface area contributed by atoms with Gasteiger partial charge in [0.2, 0.25) is 0 Å². The highest BCUT2D eigenvalue weighted by atomic mass is 32.2. The molecular weight excluding hydrogens is 865 g/mol. The minimum atomic E-state index is 0.121. The van der Waals surface area contributed by atoms with Crippen LogP contribution in [-0.4, -0.2) is 10.2 Å². The fourth-order valence-corrected chi connectivity index (χ4v) is 17.2. The van der Waals surface area contributed by atoms with Crippen molar-refractivity contribution >= 4 is 136 Å². The van der Waals surface area contributed by atoms with Gasteiger partial charge in [-0.15, -0.1) is 102 Å². The number of carbonyl (C=O) groups excluding carboxylic acids is 2. The molecule has 0 atom stereocenters. The third-order valence-corrected chi connectivity index (χ3v) is 21.0. The van der Waals surface area contributed by atoms with Crippen molar-refractivity contribution in [1.82, 2.24) is 0 Å². The first-order valence-electron chi connectivity index (χ1n) is 16.1. The second kappa shape index (κ2) is 15.5. The van der Waals surface area contributed by atoms with E-state index in [-0.39, 0.29) is 10.2 Å². The Morgan fingerprint density at radius 1 is 0.283 bits per heavy atom. The van der Waals surface area contributed by atoms with Gasteiger partial charge in [-0.2, -0.15) is 0 Å². The molecule has 0 aliphatic carbocycles. The Morgan fingerprint density at radius 2 is 0.434 bits per heavy atom. The quantitative estimate of drug-likeness (QED) is 0.128. The van der Waals surface area contributed by atoms with Crippen molar-refractivity contribution in [1.29, 1.82) is 0 Å². The molecule has 9 aromatic heterocycles. The van der Waals surface area contributed by atoms with E-state index < -0.39 is 0 Å². The summed E-state index contributed by atoms with van der Waals surface area (Å²) < 4.78 is 2.09. The normalized spacial score (nSPS) is 11.5. The van der Waals surface area contributed by atoms with Crippen molar-refractivity contribution in [3.8, 4) is 78.0 Å². The van der Waals surface area contributed by atoms with Crippen LogP contribution in [0.5, 0.6) is 0 Å². The van der Waals surface area contributed by atoms with Gasteiger partial charge in [0, 0.05) is 91.9 Å². The Balaban J connectivity index is 0.866. The first-order valence-corrected chi connectivity index (χ1v) is 25.1. The van der Waals surface area contributed by atoms with Crippen molar-refractivity contribution in [3.05, 3.63) is 109 Å². The summed E-state index contributed by atoms with van der Waals surface area (Å²) in [6.45, 7) is 3.23. The van der Waals surface area contributed by atoms with E-state index in [2.05, 4.69) is 97.1 Å². The zero-order chi connectivity index (χ0) is 36.1. The minimum Gasteiger partial charge on any atom is -0.287 e. The highest BCUT2D eigenvalue weighted by Crippen LogP contribution is 2.48. The highest BCUT2D eigenvalue weighted by molar-refractivity contribution is 8.15. The Kier molecular flexibility index (Phi) is 10.5. The number of rotatable bonds is 10. The minimum absolute atomic E-state index is 0.121. The zero-order valence-corrected chi connectivity index (χ0v) is 36.7. The summed E-state index contributed by atoms with van der Waals surface area (Å²) in [7, 11) is 0. The van der Waals surface area contributed by atoms with Crippen molar-refractivity contribution in [2.45, 2.75) is 22.3 Å². The summed E-state index contributed by atoms with van der Waals surface area (Å²) in [4.78, 5) is 43.4. The predicted molar refractivity (Wildman–Crippen MR) is 244 cm³/mol. The maximum Gasteiger partial charge on any atom is 0.191 e. The average Bonchev–Trinajstić information content (AvgIpc) is 3.99. The summed E-state index contributed by atoms with van der Waals surface area (Å²) in [6.07, 6.45) is 0. The number of hydrogen-bond acceptors (Lipinski definition) is 13. The third-order valence-electron chi connectivity index (χ3n) is 7.84. The third kappa shape index (κ3) is 7.90. The smallest absolute Gasteiger partial charge is 0.191 e. The topological polar surface area (TPSA) is 34.1 Å². The Hall–Kier alpha value is -2.66. The van der Waals surface area contributed by atoms with E-state index in [9.17, 15) is 9.59 Å². The molecule has 0 bridgehead atoms. The summed E-state index contributed by atoms with van der Waals surface area (Å²) >= 11 is 18.9. The Morgan fingerprint density at radius 3 is 0.604 bits per heavy atom.